The van der Waals surface area contributed by atoms with E-state index in [1.807, 2.05) is 24.3 Å². The van der Waals surface area contributed by atoms with E-state index in [9.17, 15) is 9.59 Å². The van der Waals surface area contributed by atoms with Crippen LogP contribution in [0.25, 0.3) is 0 Å². The number of benzene rings is 1. The molecule has 6 nitrogen and oxygen atoms in total. The minimum absolute atomic E-state index is 0.0213. The Hall–Kier alpha value is -2.47. The van der Waals surface area contributed by atoms with Gasteiger partial charge in [-0.15, -0.1) is 0 Å². The Morgan fingerprint density at radius 2 is 1.87 bits per heavy atom. The van der Waals surface area contributed by atoms with Gasteiger partial charge >= 0.3 is 0 Å². The summed E-state index contributed by atoms with van der Waals surface area (Å²) in [5.41, 5.74) is 4.62. The number of hydrogen-bond donors (Lipinski definition) is 2. The van der Waals surface area contributed by atoms with E-state index in [0.29, 0.717) is 18.5 Å². The zero-order valence-electron chi connectivity index (χ0n) is 17.7. The highest BCUT2D eigenvalue weighted by atomic mass is 16.1. The average molecular weight is 409 g/mol. The lowest BCUT2D eigenvalue weighted by molar-refractivity contribution is 0.0951. The molecule has 2 heterocycles. The van der Waals surface area contributed by atoms with E-state index in [0.717, 1.165) is 61.0 Å². The van der Waals surface area contributed by atoms with Gasteiger partial charge in [-0.3, -0.25) is 9.59 Å². The molecule has 1 fully saturated rings. The van der Waals surface area contributed by atoms with Crippen molar-refractivity contribution in [3.05, 3.63) is 62.6 Å². The minimum atomic E-state index is -0.0499. The van der Waals surface area contributed by atoms with Gasteiger partial charge in [0, 0.05) is 24.1 Å². The number of amides is 1. The fourth-order valence-electron chi connectivity index (χ4n) is 4.68. The maximum atomic E-state index is 12.6. The van der Waals surface area contributed by atoms with Gasteiger partial charge in [0.2, 0.25) is 0 Å². The second-order valence-electron chi connectivity index (χ2n) is 8.55. The molecule has 4 rings (SSSR count). The van der Waals surface area contributed by atoms with Crippen LogP contribution in [0.2, 0.25) is 0 Å². The van der Waals surface area contributed by atoms with E-state index in [4.69, 9.17) is 0 Å². The topological polar surface area (TPSA) is 78.1 Å². The molecule has 2 aliphatic rings. The highest BCUT2D eigenvalue weighted by Gasteiger charge is 2.18. The van der Waals surface area contributed by atoms with Gasteiger partial charge in [-0.05, 0) is 87.8 Å². The molecule has 1 saturated heterocycles. The summed E-state index contributed by atoms with van der Waals surface area (Å²) < 4.78 is 0. The van der Waals surface area contributed by atoms with Crippen molar-refractivity contribution in [3.8, 4) is 0 Å². The van der Waals surface area contributed by atoms with Crippen LogP contribution in [0.3, 0.4) is 0 Å². The molecule has 0 bridgehead atoms. The first-order valence-electron chi connectivity index (χ1n) is 11.4. The van der Waals surface area contributed by atoms with Gasteiger partial charge in [-0.1, -0.05) is 18.6 Å². The number of nitrogens with zero attached hydrogens (tertiary/aromatic N) is 2. The Morgan fingerprint density at radius 3 is 2.70 bits per heavy atom. The summed E-state index contributed by atoms with van der Waals surface area (Å²) in [5.74, 6) is -0.0213. The van der Waals surface area contributed by atoms with Crippen LogP contribution in [0.5, 0.6) is 0 Å². The molecule has 2 aromatic rings. The van der Waals surface area contributed by atoms with Crippen molar-refractivity contribution < 1.29 is 4.79 Å². The van der Waals surface area contributed by atoms with Crippen molar-refractivity contribution >= 4 is 5.91 Å². The van der Waals surface area contributed by atoms with Crippen molar-refractivity contribution in [1.82, 2.24) is 20.4 Å². The van der Waals surface area contributed by atoms with Crippen molar-refractivity contribution in [2.24, 2.45) is 0 Å². The Morgan fingerprint density at radius 1 is 1.07 bits per heavy atom. The Bertz CT molecular complexity index is 931. The number of nitrogens with one attached hydrogen (secondary N) is 2. The summed E-state index contributed by atoms with van der Waals surface area (Å²) in [7, 11) is 0. The monoisotopic (exact) mass is 408 g/mol. The molecule has 6 heteroatoms. The molecule has 1 aromatic carbocycles. The fraction of sp³-hybridized carbons (Fsp3) is 0.542. The molecule has 2 N–H and O–H groups in total. The minimum Gasteiger partial charge on any atom is -0.352 e. The quantitative estimate of drug-likeness (QED) is 0.691. The Labute approximate surface area is 178 Å². The van der Waals surface area contributed by atoms with E-state index in [1.165, 1.54) is 32.4 Å². The molecule has 0 saturated carbocycles. The largest absolute Gasteiger partial charge is 0.352 e. The van der Waals surface area contributed by atoms with Crippen LogP contribution in [0, 0.1) is 0 Å². The van der Waals surface area contributed by atoms with E-state index in [2.05, 4.69) is 20.4 Å². The summed E-state index contributed by atoms with van der Waals surface area (Å²) in [6, 6.07) is 7.76. The lowest BCUT2D eigenvalue weighted by Crippen LogP contribution is -2.33. The summed E-state index contributed by atoms with van der Waals surface area (Å²) in [5, 5.41) is 10.0. The number of fused-ring (bicyclic) bond motifs is 1. The van der Waals surface area contributed by atoms with E-state index in [-0.39, 0.29) is 11.5 Å². The zero-order chi connectivity index (χ0) is 20.8. The number of likely N-dealkylation sites (tertiary alicyclic amines) is 1. The highest BCUT2D eigenvalue weighted by Crippen LogP contribution is 2.22. The fourth-order valence-corrected chi connectivity index (χ4v) is 4.68. The van der Waals surface area contributed by atoms with Gasteiger partial charge in [-0.2, -0.15) is 5.10 Å². The summed E-state index contributed by atoms with van der Waals surface area (Å²) in [4.78, 5) is 27.1. The summed E-state index contributed by atoms with van der Waals surface area (Å²) in [6.45, 7) is 4.15. The van der Waals surface area contributed by atoms with Crippen molar-refractivity contribution in [2.75, 3.05) is 26.2 Å². The van der Waals surface area contributed by atoms with Gasteiger partial charge in [-0.25, -0.2) is 5.10 Å². The maximum Gasteiger partial charge on any atom is 0.267 e. The lowest BCUT2D eigenvalue weighted by Gasteiger charge is -2.26. The predicted molar refractivity (Wildman–Crippen MR) is 118 cm³/mol. The van der Waals surface area contributed by atoms with Crippen molar-refractivity contribution in [1.29, 1.82) is 0 Å². The lowest BCUT2D eigenvalue weighted by atomic mass is 9.90. The first-order chi connectivity index (χ1) is 14.7. The molecule has 0 radical (unpaired) electrons. The molecule has 1 amide bonds. The van der Waals surface area contributed by atoms with Crippen molar-refractivity contribution in [2.45, 2.75) is 57.8 Å². The number of aromatic amines is 1. The van der Waals surface area contributed by atoms with Crippen LogP contribution in [-0.4, -0.2) is 47.2 Å². The molecule has 0 atom stereocenters. The summed E-state index contributed by atoms with van der Waals surface area (Å²) in [6.07, 6.45) is 9.48. The second kappa shape index (κ2) is 10.0. The second-order valence-corrected chi connectivity index (χ2v) is 8.55. The van der Waals surface area contributed by atoms with Crippen LogP contribution in [0.15, 0.2) is 29.1 Å². The third-order valence-electron chi connectivity index (χ3n) is 6.33. The van der Waals surface area contributed by atoms with Gasteiger partial charge < -0.3 is 10.2 Å². The molecule has 1 aliphatic carbocycles. The number of aromatic nitrogens is 2. The van der Waals surface area contributed by atoms with E-state index in [1.54, 1.807) is 0 Å². The molecule has 30 heavy (non-hydrogen) atoms. The number of rotatable bonds is 7. The van der Waals surface area contributed by atoms with Gasteiger partial charge in [0.05, 0.1) is 5.69 Å². The average Bonchev–Trinajstić information content (AvgIpc) is 2.79. The molecular formula is C24H32N4O2. The van der Waals surface area contributed by atoms with E-state index < -0.39 is 0 Å². The van der Waals surface area contributed by atoms with Gasteiger partial charge in [0.25, 0.3) is 11.5 Å². The molecule has 160 valence electrons. The third kappa shape index (κ3) is 5.17. The van der Waals surface area contributed by atoms with Gasteiger partial charge in [0.1, 0.15) is 0 Å². The van der Waals surface area contributed by atoms with E-state index >= 15 is 0 Å². The van der Waals surface area contributed by atoms with Crippen LogP contribution in [-0.2, 0) is 19.3 Å². The summed E-state index contributed by atoms with van der Waals surface area (Å²) >= 11 is 0. The first-order valence-corrected chi connectivity index (χ1v) is 11.4. The number of hydrogen-bond acceptors (Lipinski definition) is 4. The standard InChI is InChI=1S/C24H32N4O2/c29-23(25-12-7-15-28-13-4-1-5-14-28)19-9-6-8-18(16-19)17-22-20-10-2-3-11-21(20)24(30)27-26-22/h6,8-9,16H,1-5,7,10-15,17H2,(H,25,29)(H,27,30). The molecule has 0 unspecified atom stereocenters. The smallest absolute Gasteiger partial charge is 0.267 e. The molecule has 1 aromatic heterocycles. The third-order valence-corrected chi connectivity index (χ3v) is 6.33. The Kier molecular flexibility index (Phi) is 6.95. The number of H-pyrrole nitrogens is 1. The molecule has 0 spiro atoms. The predicted octanol–water partition coefficient (Wildman–Crippen LogP) is 2.85. The van der Waals surface area contributed by atoms with Crippen LogP contribution >= 0.6 is 0 Å². The van der Waals surface area contributed by atoms with Crippen LogP contribution in [0.4, 0.5) is 0 Å². The van der Waals surface area contributed by atoms with Crippen LogP contribution in [0.1, 0.15) is 71.3 Å². The molecule has 1 aliphatic heterocycles. The SMILES string of the molecule is O=C(NCCCN1CCCCC1)c1cccc(Cc2n[nH]c(=O)c3c2CCCC3)c1. The maximum absolute atomic E-state index is 12.6. The number of piperidine rings is 1. The zero-order valence-corrected chi connectivity index (χ0v) is 17.7. The number of carbonyl (C=O) groups excluding carboxylic acids is 1. The normalized spacial score (nSPS) is 16.8. The van der Waals surface area contributed by atoms with Crippen molar-refractivity contribution in [3.63, 3.8) is 0 Å². The first kappa shape index (κ1) is 20.8. The number of carbonyl (C=O) groups is 1. The highest BCUT2D eigenvalue weighted by molar-refractivity contribution is 5.94. The van der Waals surface area contributed by atoms with Crippen LogP contribution < -0.4 is 10.9 Å². The van der Waals surface area contributed by atoms with Gasteiger partial charge in [0.15, 0.2) is 0 Å². The Balaban J connectivity index is 1.35. The molecular weight excluding hydrogens is 376 g/mol.